The van der Waals surface area contributed by atoms with E-state index in [1.54, 1.807) is 7.05 Å². The molecule has 1 aliphatic rings. The van der Waals surface area contributed by atoms with Crippen LogP contribution < -0.4 is 20.7 Å². The molecule has 1 aromatic heterocycles. The molecule has 0 atom stereocenters. The summed E-state index contributed by atoms with van der Waals surface area (Å²) in [6, 6.07) is 22.4. The van der Waals surface area contributed by atoms with Gasteiger partial charge in [-0.25, -0.2) is 4.98 Å². The van der Waals surface area contributed by atoms with Crippen LogP contribution in [0, 0.1) is 0 Å². The van der Waals surface area contributed by atoms with Crippen molar-refractivity contribution in [3.05, 3.63) is 72.3 Å². The van der Waals surface area contributed by atoms with Crippen LogP contribution in [0.5, 0.6) is 5.75 Å². The number of amides is 1. The number of nitrogens with two attached hydrogens (primary N) is 1. The first kappa shape index (κ1) is 26.2. The minimum Gasteiger partial charge on any atom is -0.494 e. The second-order valence-electron chi connectivity index (χ2n) is 9.79. The van der Waals surface area contributed by atoms with Gasteiger partial charge in [0.25, 0.3) is 0 Å². The van der Waals surface area contributed by atoms with E-state index in [2.05, 4.69) is 62.5 Å². The molecule has 9 heteroatoms. The first-order valence-electron chi connectivity index (χ1n) is 13.3. The minimum atomic E-state index is -0.314. The summed E-state index contributed by atoms with van der Waals surface area (Å²) < 4.78 is 5.69. The van der Waals surface area contributed by atoms with Crippen LogP contribution in [0.15, 0.2) is 71.7 Å². The van der Waals surface area contributed by atoms with Crippen LogP contribution in [0.1, 0.15) is 18.4 Å². The van der Waals surface area contributed by atoms with Crippen molar-refractivity contribution in [1.82, 2.24) is 14.9 Å². The third kappa shape index (κ3) is 6.56. The lowest BCUT2D eigenvalue weighted by atomic mass is 10.1. The standard InChI is InChI=1S/C30H35N7O2/c1-32-29(33-23-8-10-24(11-9-23)37-17-15-36(2)16-18-37)22-7-14-26-27(20-22)35-30(34-26)21-5-12-25(13-6-21)39-19-3-4-28(31)38/h5-14,20H,3-4,15-19H2,1-2H3,(H2,31,38)(H,32,33)(H,34,35). The molecule has 1 amide bonds. The molecule has 0 unspecified atom stereocenters. The second-order valence-corrected chi connectivity index (χ2v) is 9.79. The number of rotatable bonds is 9. The number of carbonyl (C=O) groups is 1. The van der Waals surface area contributed by atoms with Crippen molar-refractivity contribution in [3.63, 3.8) is 0 Å². The van der Waals surface area contributed by atoms with Crippen molar-refractivity contribution in [3.8, 4) is 17.1 Å². The molecule has 0 radical (unpaired) electrons. The number of primary amides is 1. The van der Waals surface area contributed by atoms with Crippen molar-refractivity contribution in [2.45, 2.75) is 12.8 Å². The summed E-state index contributed by atoms with van der Waals surface area (Å²) in [4.78, 5) is 28.3. The fourth-order valence-electron chi connectivity index (χ4n) is 4.65. The Morgan fingerprint density at radius 2 is 1.79 bits per heavy atom. The van der Waals surface area contributed by atoms with E-state index in [0.717, 1.165) is 71.4 Å². The highest BCUT2D eigenvalue weighted by Crippen LogP contribution is 2.25. The molecular formula is C30H35N7O2. The zero-order chi connectivity index (χ0) is 27.2. The number of likely N-dealkylation sites (N-methyl/N-ethyl adjacent to an activating group) is 1. The highest BCUT2D eigenvalue weighted by molar-refractivity contribution is 6.09. The topological polar surface area (TPSA) is 112 Å². The predicted molar refractivity (Wildman–Crippen MR) is 158 cm³/mol. The Morgan fingerprint density at radius 3 is 2.49 bits per heavy atom. The average Bonchev–Trinajstić information content (AvgIpc) is 3.39. The Hall–Kier alpha value is -4.37. The van der Waals surface area contributed by atoms with Crippen LogP contribution in [-0.4, -0.2) is 73.5 Å². The molecular weight excluding hydrogens is 490 g/mol. The van der Waals surface area contributed by atoms with Crippen molar-refractivity contribution in [2.75, 3.05) is 57.1 Å². The van der Waals surface area contributed by atoms with Gasteiger partial charge in [0.15, 0.2) is 0 Å². The van der Waals surface area contributed by atoms with E-state index < -0.39 is 0 Å². The number of ether oxygens (including phenoxy) is 1. The van der Waals surface area contributed by atoms with Crippen molar-refractivity contribution in [2.24, 2.45) is 10.7 Å². The quantitative estimate of drug-likeness (QED) is 0.172. The van der Waals surface area contributed by atoms with Gasteiger partial charge in [-0.15, -0.1) is 0 Å². The fraction of sp³-hybridized carbons (Fsp3) is 0.300. The number of nitrogens with zero attached hydrogens (tertiary/aromatic N) is 4. The maximum absolute atomic E-state index is 10.9. The van der Waals surface area contributed by atoms with Crippen LogP contribution in [0.4, 0.5) is 11.4 Å². The number of fused-ring (bicyclic) bond motifs is 1. The van der Waals surface area contributed by atoms with Gasteiger partial charge in [-0.3, -0.25) is 9.79 Å². The van der Waals surface area contributed by atoms with E-state index in [1.165, 1.54) is 5.69 Å². The summed E-state index contributed by atoms with van der Waals surface area (Å²) in [6.07, 6.45) is 0.922. The smallest absolute Gasteiger partial charge is 0.217 e. The zero-order valence-corrected chi connectivity index (χ0v) is 22.5. The van der Waals surface area contributed by atoms with Crippen LogP contribution >= 0.6 is 0 Å². The van der Waals surface area contributed by atoms with E-state index in [4.69, 9.17) is 15.5 Å². The molecule has 4 aromatic rings. The Morgan fingerprint density at radius 1 is 1.05 bits per heavy atom. The first-order valence-corrected chi connectivity index (χ1v) is 13.3. The normalized spacial score (nSPS) is 14.5. The third-order valence-electron chi connectivity index (χ3n) is 6.94. The summed E-state index contributed by atoms with van der Waals surface area (Å²) >= 11 is 0. The van der Waals surface area contributed by atoms with E-state index >= 15 is 0 Å². The number of nitrogens with one attached hydrogen (secondary N) is 2. The van der Waals surface area contributed by atoms with E-state index in [1.807, 2.05) is 36.4 Å². The van der Waals surface area contributed by atoms with Crippen molar-refractivity contribution < 1.29 is 9.53 Å². The summed E-state index contributed by atoms with van der Waals surface area (Å²) in [7, 11) is 3.96. The average molecular weight is 526 g/mol. The second kappa shape index (κ2) is 12.0. The predicted octanol–water partition coefficient (Wildman–Crippen LogP) is 4.11. The number of carbonyl (C=O) groups excluding carboxylic acids is 1. The van der Waals surface area contributed by atoms with E-state index in [9.17, 15) is 4.79 Å². The zero-order valence-electron chi connectivity index (χ0n) is 22.5. The highest BCUT2D eigenvalue weighted by Gasteiger charge is 2.14. The SMILES string of the molecule is CN=C(Nc1ccc(N2CCN(C)CC2)cc1)c1ccc2nc(-c3ccc(OCCCC(N)=O)cc3)[nH]c2c1. The first-order chi connectivity index (χ1) is 19.0. The molecule has 1 aliphatic heterocycles. The molecule has 1 saturated heterocycles. The maximum Gasteiger partial charge on any atom is 0.217 e. The molecule has 9 nitrogen and oxygen atoms in total. The lowest BCUT2D eigenvalue weighted by Crippen LogP contribution is -2.44. The van der Waals surface area contributed by atoms with Gasteiger partial charge in [-0.1, -0.05) is 0 Å². The lowest BCUT2D eigenvalue weighted by molar-refractivity contribution is -0.118. The number of aliphatic imine (C=N–C) groups is 1. The number of anilines is 2. The number of imidazole rings is 1. The number of H-pyrrole nitrogens is 1. The highest BCUT2D eigenvalue weighted by atomic mass is 16.5. The maximum atomic E-state index is 10.9. The summed E-state index contributed by atoms with van der Waals surface area (Å²) in [5.74, 6) is 2.00. The van der Waals surface area contributed by atoms with Gasteiger partial charge in [-0.05, 0) is 80.2 Å². The molecule has 202 valence electrons. The van der Waals surface area contributed by atoms with Crippen LogP contribution in [-0.2, 0) is 4.79 Å². The number of piperazine rings is 1. The Bertz CT molecular complexity index is 1440. The minimum absolute atomic E-state index is 0.314. The Labute approximate surface area is 228 Å². The van der Waals surface area contributed by atoms with Gasteiger partial charge in [-0.2, -0.15) is 0 Å². The van der Waals surface area contributed by atoms with Gasteiger partial charge in [0.1, 0.15) is 17.4 Å². The molecule has 39 heavy (non-hydrogen) atoms. The van der Waals surface area contributed by atoms with Crippen LogP contribution in [0.3, 0.4) is 0 Å². The number of amidine groups is 1. The molecule has 2 heterocycles. The van der Waals surface area contributed by atoms with E-state index in [-0.39, 0.29) is 5.91 Å². The lowest BCUT2D eigenvalue weighted by Gasteiger charge is -2.34. The summed E-state index contributed by atoms with van der Waals surface area (Å²) in [5, 5.41) is 3.47. The van der Waals surface area contributed by atoms with Gasteiger partial charge < -0.3 is 30.6 Å². The number of hydrogen-bond donors (Lipinski definition) is 3. The van der Waals surface area contributed by atoms with Crippen molar-refractivity contribution in [1.29, 1.82) is 0 Å². The molecule has 4 N–H and O–H groups in total. The molecule has 0 aliphatic carbocycles. The molecule has 0 spiro atoms. The molecule has 0 bridgehead atoms. The van der Waals surface area contributed by atoms with Crippen LogP contribution in [0.25, 0.3) is 22.4 Å². The Kier molecular flexibility index (Phi) is 8.07. The molecule has 0 saturated carbocycles. The van der Waals surface area contributed by atoms with Crippen LogP contribution in [0.2, 0.25) is 0 Å². The van der Waals surface area contributed by atoms with E-state index in [0.29, 0.717) is 19.4 Å². The molecule has 5 rings (SSSR count). The summed E-state index contributed by atoms with van der Waals surface area (Å²) in [6.45, 7) is 4.72. The van der Waals surface area contributed by atoms with Gasteiger partial charge in [0.2, 0.25) is 5.91 Å². The van der Waals surface area contributed by atoms with Gasteiger partial charge >= 0.3 is 0 Å². The Balaban J connectivity index is 1.24. The molecule has 3 aromatic carbocycles. The fourth-order valence-corrected chi connectivity index (χ4v) is 4.65. The van der Waals surface area contributed by atoms with Gasteiger partial charge in [0, 0.05) is 62.1 Å². The largest absolute Gasteiger partial charge is 0.494 e. The third-order valence-corrected chi connectivity index (χ3v) is 6.94. The number of benzene rings is 3. The number of hydrogen-bond acceptors (Lipinski definition) is 6. The number of aromatic nitrogens is 2. The molecule has 1 fully saturated rings. The number of aromatic amines is 1. The summed E-state index contributed by atoms with van der Waals surface area (Å²) in [5.41, 5.74) is 11.2. The van der Waals surface area contributed by atoms with Crippen molar-refractivity contribution >= 4 is 34.2 Å². The monoisotopic (exact) mass is 525 g/mol. The van der Waals surface area contributed by atoms with Gasteiger partial charge in [0.05, 0.1) is 17.6 Å².